The van der Waals surface area contributed by atoms with E-state index in [-0.39, 0.29) is 12.5 Å². The summed E-state index contributed by atoms with van der Waals surface area (Å²) in [5.41, 5.74) is 1.86. The molecule has 1 heterocycles. The molecule has 1 atom stereocenters. The van der Waals surface area contributed by atoms with Gasteiger partial charge < -0.3 is 15.5 Å². The maximum atomic E-state index is 13.2. The van der Waals surface area contributed by atoms with E-state index in [4.69, 9.17) is 0 Å². The number of carbonyl (C=O) groups excluding carboxylic acids is 3. The normalized spacial score (nSPS) is 15.4. The Morgan fingerprint density at radius 3 is 2.67 bits per heavy atom. The zero-order valence-corrected chi connectivity index (χ0v) is 16.0. The Morgan fingerprint density at radius 1 is 1.19 bits per heavy atom. The second-order valence-electron chi connectivity index (χ2n) is 6.00. The highest BCUT2D eigenvalue weighted by molar-refractivity contribution is 9.10. The summed E-state index contributed by atoms with van der Waals surface area (Å²) in [6.07, 6.45) is 0. The van der Waals surface area contributed by atoms with Crippen molar-refractivity contribution in [2.75, 3.05) is 11.4 Å². The number of halogens is 2. The summed E-state index contributed by atoms with van der Waals surface area (Å²) >= 11 is 3.35. The number of fused-ring (bicyclic) bond motifs is 1. The minimum Gasteiger partial charge on any atom is -0.344 e. The lowest BCUT2D eigenvalue weighted by molar-refractivity contribution is -0.140. The highest BCUT2D eigenvalue weighted by Gasteiger charge is 2.38. The summed E-state index contributed by atoms with van der Waals surface area (Å²) in [6.45, 7) is 2.29. The zero-order chi connectivity index (χ0) is 19.6. The molecule has 0 aromatic heterocycles. The average molecular weight is 434 g/mol. The van der Waals surface area contributed by atoms with Crippen LogP contribution in [0.1, 0.15) is 24.1 Å². The molecule has 0 unspecified atom stereocenters. The van der Waals surface area contributed by atoms with Crippen LogP contribution in [0.3, 0.4) is 0 Å². The monoisotopic (exact) mass is 433 g/mol. The highest BCUT2D eigenvalue weighted by Crippen LogP contribution is 2.37. The summed E-state index contributed by atoms with van der Waals surface area (Å²) in [5.74, 6) is -2.53. The highest BCUT2D eigenvalue weighted by atomic mass is 79.9. The average Bonchev–Trinajstić information content (AvgIpc) is 2.90. The Bertz CT molecular complexity index is 919. The van der Waals surface area contributed by atoms with Crippen LogP contribution < -0.4 is 15.5 Å². The Labute approximate surface area is 163 Å². The number of benzene rings is 2. The molecular weight excluding hydrogens is 417 g/mol. The van der Waals surface area contributed by atoms with Crippen LogP contribution in [0.4, 0.5) is 10.1 Å². The Hall–Kier alpha value is -2.74. The molecule has 0 saturated heterocycles. The molecule has 1 aliphatic heterocycles. The molecule has 3 rings (SSSR count). The molecule has 3 amide bonds. The van der Waals surface area contributed by atoms with Gasteiger partial charge in [-0.25, -0.2) is 4.39 Å². The lowest BCUT2D eigenvalue weighted by atomic mass is 10.1. The van der Waals surface area contributed by atoms with E-state index in [1.165, 1.54) is 18.2 Å². The molecule has 140 valence electrons. The van der Waals surface area contributed by atoms with Crippen LogP contribution in [0.25, 0.3) is 0 Å². The number of likely N-dealkylation sites (N-methyl/N-ethyl adjacent to an activating group) is 1. The lowest BCUT2D eigenvalue weighted by Gasteiger charge is -2.15. The SMILES string of the molecule is CCN1C(=O)[C@H](NC(=O)C(=O)NCc2cccc(F)c2)c2cc(Br)ccc21. The molecule has 2 aromatic rings. The largest absolute Gasteiger partial charge is 0.344 e. The fourth-order valence-corrected chi connectivity index (χ4v) is 3.36. The van der Waals surface area contributed by atoms with Crippen molar-refractivity contribution < 1.29 is 18.8 Å². The van der Waals surface area contributed by atoms with Gasteiger partial charge in [-0.05, 0) is 42.8 Å². The third-order valence-corrected chi connectivity index (χ3v) is 4.74. The fraction of sp³-hybridized carbons (Fsp3) is 0.211. The van der Waals surface area contributed by atoms with Crippen LogP contribution in [0, 0.1) is 5.82 Å². The zero-order valence-electron chi connectivity index (χ0n) is 14.5. The predicted octanol–water partition coefficient (Wildman–Crippen LogP) is 2.43. The van der Waals surface area contributed by atoms with Crippen LogP contribution in [0.5, 0.6) is 0 Å². The number of nitrogens with one attached hydrogen (secondary N) is 2. The van der Waals surface area contributed by atoms with Crippen LogP contribution in [-0.4, -0.2) is 24.3 Å². The summed E-state index contributed by atoms with van der Waals surface area (Å²) < 4.78 is 13.9. The minimum absolute atomic E-state index is 0.00580. The van der Waals surface area contributed by atoms with E-state index < -0.39 is 23.7 Å². The summed E-state index contributed by atoms with van der Waals surface area (Å²) in [4.78, 5) is 38.5. The number of hydrogen-bond donors (Lipinski definition) is 2. The van der Waals surface area contributed by atoms with Crippen molar-refractivity contribution in [2.45, 2.75) is 19.5 Å². The van der Waals surface area contributed by atoms with E-state index in [2.05, 4.69) is 26.6 Å². The van der Waals surface area contributed by atoms with Gasteiger partial charge in [-0.15, -0.1) is 0 Å². The van der Waals surface area contributed by atoms with E-state index in [1.54, 1.807) is 23.1 Å². The van der Waals surface area contributed by atoms with Crippen molar-refractivity contribution >= 4 is 39.3 Å². The van der Waals surface area contributed by atoms with E-state index in [1.807, 2.05) is 13.0 Å². The quantitative estimate of drug-likeness (QED) is 0.726. The topological polar surface area (TPSA) is 78.5 Å². The second-order valence-corrected chi connectivity index (χ2v) is 6.92. The number of anilines is 1. The van der Waals surface area contributed by atoms with Crippen molar-refractivity contribution in [1.82, 2.24) is 10.6 Å². The molecule has 6 nitrogen and oxygen atoms in total. The van der Waals surface area contributed by atoms with Gasteiger partial charge in [-0.1, -0.05) is 28.1 Å². The van der Waals surface area contributed by atoms with E-state index >= 15 is 0 Å². The third-order valence-electron chi connectivity index (χ3n) is 4.24. The maximum Gasteiger partial charge on any atom is 0.310 e. The Morgan fingerprint density at radius 2 is 1.96 bits per heavy atom. The molecule has 0 saturated carbocycles. The lowest BCUT2D eigenvalue weighted by Crippen LogP contribution is -2.44. The van der Waals surface area contributed by atoms with E-state index in [0.717, 1.165) is 4.47 Å². The predicted molar refractivity (Wildman–Crippen MR) is 101 cm³/mol. The number of nitrogens with zero attached hydrogens (tertiary/aromatic N) is 1. The molecule has 2 aromatic carbocycles. The summed E-state index contributed by atoms with van der Waals surface area (Å²) in [5, 5.41) is 4.91. The van der Waals surface area contributed by atoms with Gasteiger partial charge in [0.2, 0.25) is 0 Å². The van der Waals surface area contributed by atoms with Crippen molar-refractivity contribution in [1.29, 1.82) is 0 Å². The third kappa shape index (κ3) is 4.00. The van der Waals surface area contributed by atoms with Crippen LogP contribution in [0.2, 0.25) is 0 Å². The first-order chi connectivity index (χ1) is 12.9. The molecule has 0 radical (unpaired) electrons. The Balaban J connectivity index is 1.69. The van der Waals surface area contributed by atoms with Crippen molar-refractivity contribution in [3.63, 3.8) is 0 Å². The van der Waals surface area contributed by atoms with Crippen molar-refractivity contribution in [2.24, 2.45) is 0 Å². The molecule has 2 N–H and O–H groups in total. The van der Waals surface area contributed by atoms with Gasteiger partial charge in [-0.3, -0.25) is 14.4 Å². The van der Waals surface area contributed by atoms with Gasteiger partial charge in [-0.2, -0.15) is 0 Å². The molecule has 0 aliphatic carbocycles. The van der Waals surface area contributed by atoms with Crippen molar-refractivity contribution in [3.05, 3.63) is 63.9 Å². The second kappa shape index (κ2) is 7.87. The minimum atomic E-state index is -0.926. The van der Waals surface area contributed by atoms with Gasteiger partial charge in [0.25, 0.3) is 5.91 Å². The van der Waals surface area contributed by atoms with Gasteiger partial charge in [0.05, 0.1) is 0 Å². The molecule has 0 bridgehead atoms. The van der Waals surface area contributed by atoms with Gasteiger partial charge >= 0.3 is 11.8 Å². The van der Waals surface area contributed by atoms with Crippen LogP contribution in [0.15, 0.2) is 46.9 Å². The summed E-state index contributed by atoms with van der Waals surface area (Å²) in [7, 11) is 0. The van der Waals surface area contributed by atoms with Crippen LogP contribution >= 0.6 is 15.9 Å². The van der Waals surface area contributed by atoms with Crippen molar-refractivity contribution in [3.8, 4) is 0 Å². The smallest absolute Gasteiger partial charge is 0.310 e. The molecule has 1 aliphatic rings. The van der Waals surface area contributed by atoms with Gasteiger partial charge in [0.1, 0.15) is 11.9 Å². The van der Waals surface area contributed by atoms with Crippen LogP contribution in [-0.2, 0) is 20.9 Å². The molecule has 0 fully saturated rings. The summed E-state index contributed by atoms with van der Waals surface area (Å²) in [6, 6.07) is 10.1. The first kappa shape index (κ1) is 19.0. The number of hydrogen-bond acceptors (Lipinski definition) is 3. The number of rotatable bonds is 4. The molecular formula is C19H17BrFN3O3. The fourth-order valence-electron chi connectivity index (χ4n) is 2.98. The van der Waals surface area contributed by atoms with E-state index in [0.29, 0.717) is 23.4 Å². The molecule has 27 heavy (non-hydrogen) atoms. The molecule has 8 heteroatoms. The Kier molecular flexibility index (Phi) is 5.55. The van der Waals surface area contributed by atoms with E-state index in [9.17, 15) is 18.8 Å². The first-order valence-electron chi connectivity index (χ1n) is 8.34. The molecule has 0 spiro atoms. The standard InChI is InChI=1S/C19H17BrFN3O3/c1-2-24-15-7-6-12(20)9-14(15)16(19(24)27)23-18(26)17(25)22-10-11-4-3-5-13(21)8-11/h3-9,16H,2,10H2,1H3,(H,22,25)(H,23,26)/t16-/m1/s1. The maximum absolute atomic E-state index is 13.2. The van der Waals surface area contributed by atoms with Gasteiger partial charge in [0, 0.05) is 28.8 Å². The number of carbonyl (C=O) groups is 3. The number of amides is 3. The van der Waals surface area contributed by atoms with Gasteiger partial charge in [0.15, 0.2) is 0 Å². The first-order valence-corrected chi connectivity index (χ1v) is 9.14.